The summed E-state index contributed by atoms with van der Waals surface area (Å²) in [6.07, 6.45) is 1.63. The van der Waals surface area contributed by atoms with Crippen LogP contribution in [-0.4, -0.2) is 23.9 Å². The van der Waals surface area contributed by atoms with E-state index in [9.17, 15) is 4.79 Å². The first kappa shape index (κ1) is 24.0. The molecule has 4 heteroatoms. The Balaban J connectivity index is 1.35. The molecule has 4 aromatic carbocycles. The van der Waals surface area contributed by atoms with E-state index in [4.69, 9.17) is 4.84 Å². The Labute approximate surface area is 213 Å². The van der Waals surface area contributed by atoms with Crippen molar-refractivity contribution < 1.29 is 9.63 Å². The Morgan fingerprint density at radius 1 is 0.694 bits per heavy atom. The van der Waals surface area contributed by atoms with Gasteiger partial charge in [0.15, 0.2) is 5.60 Å². The van der Waals surface area contributed by atoms with Crippen LogP contribution in [0, 0.1) is 5.92 Å². The van der Waals surface area contributed by atoms with Crippen LogP contribution in [0.15, 0.2) is 121 Å². The van der Waals surface area contributed by atoms with Crippen molar-refractivity contribution in [2.75, 3.05) is 13.1 Å². The van der Waals surface area contributed by atoms with Gasteiger partial charge >= 0.3 is 0 Å². The third kappa shape index (κ3) is 5.25. The van der Waals surface area contributed by atoms with Crippen LogP contribution in [-0.2, 0) is 21.8 Å². The Kier molecular flexibility index (Phi) is 7.55. The summed E-state index contributed by atoms with van der Waals surface area (Å²) in [5, 5.41) is 0. The number of carbonyl (C=O) groups excluding carboxylic acids is 1. The van der Waals surface area contributed by atoms with E-state index in [2.05, 4.69) is 34.6 Å². The van der Waals surface area contributed by atoms with Crippen LogP contribution >= 0.6 is 0 Å². The van der Waals surface area contributed by atoms with Crippen LogP contribution in [0.25, 0.3) is 0 Å². The van der Waals surface area contributed by atoms with E-state index in [1.807, 2.05) is 97.1 Å². The van der Waals surface area contributed by atoms with E-state index in [0.29, 0.717) is 0 Å². The van der Waals surface area contributed by atoms with Crippen molar-refractivity contribution in [3.8, 4) is 0 Å². The average Bonchev–Trinajstić information content (AvgIpc) is 2.96. The molecule has 1 fully saturated rings. The molecule has 1 saturated heterocycles. The lowest BCUT2D eigenvalue weighted by molar-refractivity contribution is -0.149. The molecule has 5 rings (SSSR count). The number of benzene rings is 4. The van der Waals surface area contributed by atoms with Gasteiger partial charge in [-0.25, -0.2) is 5.48 Å². The van der Waals surface area contributed by atoms with Gasteiger partial charge in [-0.15, -0.1) is 0 Å². The van der Waals surface area contributed by atoms with Crippen LogP contribution in [0.1, 0.15) is 35.1 Å². The third-order valence-corrected chi connectivity index (χ3v) is 7.05. The van der Waals surface area contributed by atoms with Gasteiger partial charge in [0.05, 0.1) is 0 Å². The smallest absolute Gasteiger partial charge is 0.246 e. The van der Waals surface area contributed by atoms with Crippen LogP contribution in [0.2, 0.25) is 0 Å². The minimum Gasteiger partial charge on any atom is -0.299 e. The molecule has 0 saturated carbocycles. The fourth-order valence-corrected chi connectivity index (χ4v) is 5.10. The molecule has 36 heavy (non-hydrogen) atoms. The molecule has 0 aliphatic carbocycles. The minimum atomic E-state index is -0.965. The lowest BCUT2D eigenvalue weighted by atomic mass is 9.80. The van der Waals surface area contributed by atoms with Gasteiger partial charge in [0.1, 0.15) is 0 Å². The van der Waals surface area contributed by atoms with E-state index >= 15 is 0 Å². The quantitative estimate of drug-likeness (QED) is 0.253. The summed E-state index contributed by atoms with van der Waals surface area (Å²) in [7, 11) is 0. The van der Waals surface area contributed by atoms with Gasteiger partial charge in [-0.1, -0.05) is 121 Å². The van der Waals surface area contributed by atoms with E-state index in [-0.39, 0.29) is 11.8 Å². The van der Waals surface area contributed by atoms with Gasteiger partial charge in [-0.05, 0) is 48.2 Å². The first-order valence-electron chi connectivity index (χ1n) is 12.7. The summed E-state index contributed by atoms with van der Waals surface area (Å²) in [5.41, 5.74) is 6.11. The molecule has 4 nitrogen and oxygen atoms in total. The van der Waals surface area contributed by atoms with Gasteiger partial charge in [0, 0.05) is 12.5 Å². The summed E-state index contributed by atoms with van der Waals surface area (Å²) in [6, 6.07) is 40.8. The Bertz CT molecular complexity index is 1130. The molecule has 1 aliphatic heterocycles. The highest BCUT2D eigenvalue weighted by Gasteiger charge is 2.39. The third-order valence-electron chi connectivity index (χ3n) is 7.05. The zero-order valence-corrected chi connectivity index (χ0v) is 20.4. The summed E-state index contributed by atoms with van der Waals surface area (Å²) in [5.74, 6) is -0.126. The van der Waals surface area contributed by atoms with Crippen molar-refractivity contribution in [1.29, 1.82) is 0 Å². The molecule has 1 aliphatic rings. The van der Waals surface area contributed by atoms with Gasteiger partial charge in [0.25, 0.3) is 0 Å². The zero-order valence-electron chi connectivity index (χ0n) is 20.4. The first-order chi connectivity index (χ1) is 17.8. The maximum Gasteiger partial charge on any atom is 0.246 e. The number of nitrogens with one attached hydrogen (secondary N) is 1. The largest absolute Gasteiger partial charge is 0.299 e. The summed E-state index contributed by atoms with van der Waals surface area (Å²) in [4.78, 5) is 22.3. The topological polar surface area (TPSA) is 41.6 Å². The molecular weight excluding hydrogens is 444 g/mol. The Morgan fingerprint density at radius 2 is 1.11 bits per heavy atom. The summed E-state index contributed by atoms with van der Waals surface area (Å²) < 4.78 is 0. The predicted molar refractivity (Wildman–Crippen MR) is 143 cm³/mol. The van der Waals surface area contributed by atoms with E-state index in [0.717, 1.165) is 49.2 Å². The second-order valence-corrected chi connectivity index (χ2v) is 9.38. The molecule has 0 spiro atoms. The fraction of sp³-hybridized carbons (Fsp3) is 0.219. The molecule has 1 heterocycles. The number of nitrogens with zero attached hydrogens (tertiary/aromatic N) is 1. The molecule has 1 N–H and O–H groups in total. The minimum absolute atomic E-state index is 0.0541. The number of carbonyl (C=O) groups is 1. The van der Waals surface area contributed by atoms with Gasteiger partial charge in [0.2, 0.25) is 5.91 Å². The number of likely N-dealkylation sites (tertiary alicyclic amines) is 1. The lowest BCUT2D eigenvalue weighted by Crippen LogP contribution is -2.45. The number of rotatable bonds is 8. The predicted octanol–water partition coefficient (Wildman–Crippen LogP) is 5.94. The number of hydrogen-bond acceptors (Lipinski definition) is 3. The van der Waals surface area contributed by atoms with Crippen molar-refractivity contribution in [2.24, 2.45) is 5.92 Å². The molecule has 1 amide bonds. The standard InChI is InChI=1S/C32H32N2O2/c35-31(27-21-23-34(24-22-27)25-26-13-5-1-6-14-26)33-36-32(28-15-7-2-8-16-28,29-17-9-3-10-18-29)30-19-11-4-12-20-30/h1-20,27H,21-25H2,(H,33,35). The van der Waals surface area contributed by atoms with Gasteiger partial charge < -0.3 is 0 Å². The Hall–Kier alpha value is -3.73. The van der Waals surface area contributed by atoms with Crippen molar-refractivity contribution in [3.63, 3.8) is 0 Å². The highest BCUT2D eigenvalue weighted by atomic mass is 16.7. The van der Waals surface area contributed by atoms with Crippen molar-refractivity contribution in [2.45, 2.75) is 25.0 Å². The molecule has 0 atom stereocenters. The number of hydrogen-bond donors (Lipinski definition) is 1. The molecular formula is C32H32N2O2. The highest BCUT2D eigenvalue weighted by molar-refractivity contribution is 5.77. The van der Waals surface area contributed by atoms with Crippen LogP contribution < -0.4 is 5.48 Å². The van der Waals surface area contributed by atoms with E-state index in [1.54, 1.807) is 0 Å². The second kappa shape index (κ2) is 11.3. The molecule has 0 unspecified atom stereocenters. The van der Waals surface area contributed by atoms with Crippen molar-refractivity contribution >= 4 is 5.91 Å². The maximum atomic E-state index is 13.3. The molecule has 4 aromatic rings. The highest BCUT2D eigenvalue weighted by Crippen LogP contribution is 2.39. The molecule has 0 aromatic heterocycles. The first-order valence-corrected chi connectivity index (χ1v) is 12.7. The lowest BCUT2D eigenvalue weighted by Gasteiger charge is -2.36. The number of hydroxylamine groups is 1. The van der Waals surface area contributed by atoms with Gasteiger partial charge in [-0.3, -0.25) is 14.5 Å². The number of amides is 1. The monoisotopic (exact) mass is 476 g/mol. The molecule has 0 radical (unpaired) electrons. The SMILES string of the molecule is O=C(NOC(c1ccccc1)(c1ccccc1)c1ccccc1)C1CCN(Cc2ccccc2)CC1. The Morgan fingerprint density at radius 3 is 1.56 bits per heavy atom. The van der Waals surface area contributed by atoms with E-state index < -0.39 is 5.60 Å². The van der Waals surface area contributed by atoms with Crippen LogP contribution in [0.4, 0.5) is 0 Å². The van der Waals surface area contributed by atoms with Crippen molar-refractivity contribution in [3.05, 3.63) is 144 Å². The zero-order chi connectivity index (χ0) is 24.6. The van der Waals surface area contributed by atoms with E-state index in [1.165, 1.54) is 5.56 Å². The summed E-state index contributed by atoms with van der Waals surface area (Å²) >= 11 is 0. The molecule has 182 valence electrons. The summed E-state index contributed by atoms with van der Waals surface area (Å²) in [6.45, 7) is 2.72. The second-order valence-electron chi connectivity index (χ2n) is 9.38. The maximum absolute atomic E-state index is 13.3. The normalized spacial score (nSPS) is 14.9. The fourth-order valence-electron chi connectivity index (χ4n) is 5.10. The van der Waals surface area contributed by atoms with Crippen LogP contribution in [0.5, 0.6) is 0 Å². The molecule has 0 bridgehead atoms. The van der Waals surface area contributed by atoms with Gasteiger partial charge in [-0.2, -0.15) is 0 Å². The van der Waals surface area contributed by atoms with Crippen molar-refractivity contribution in [1.82, 2.24) is 10.4 Å². The number of piperidine rings is 1. The van der Waals surface area contributed by atoms with Crippen LogP contribution in [0.3, 0.4) is 0 Å². The average molecular weight is 477 g/mol.